The summed E-state index contributed by atoms with van der Waals surface area (Å²) >= 11 is 0. The minimum absolute atomic E-state index is 0.0128. The number of amides is 1. The van der Waals surface area contributed by atoms with Crippen LogP contribution < -0.4 is 9.47 Å². The zero-order valence-electron chi connectivity index (χ0n) is 16.8. The molecule has 0 saturated carbocycles. The lowest BCUT2D eigenvalue weighted by Crippen LogP contribution is -2.34. The zero-order valence-corrected chi connectivity index (χ0v) is 16.8. The number of aromatic nitrogens is 4. The number of carbonyl (C=O) groups excluding carboxylic acids is 1. The van der Waals surface area contributed by atoms with Crippen molar-refractivity contribution >= 4 is 5.91 Å². The molecule has 3 aromatic rings. The van der Waals surface area contributed by atoms with Gasteiger partial charge in [0.05, 0.1) is 6.04 Å². The minimum Gasteiger partial charge on any atom is -0.486 e. The van der Waals surface area contributed by atoms with Gasteiger partial charge in [-0.05, 0) is 48.2 Å². The Morgan fingerprint density at radius 3 is 2.83 bits per heavy atom. The lowest BCUT2D eigenvalue weighted by atomic mass is 10.0. The van der Waals surface area contributed by atoms with Crippen molar-refractivity contribution in [2.45, 2.75) is 32.4 Å². The van der Waals surface area contributed by atoms with Gasteiger partial charge in [-0.15, -0.1) is 10.2 Å². The van der Waals surface area contributed by atoms with Gasteiger partial charge >= 0.3 is 0 Å². The molecule has 3 heterocycles. The van der Waals surface area contributed by atoms with E-state index in [1.807, 2.05) is 54.3 Å². The summed E-state index contributed by atoms with van der Waals surface area (Å²) in [5.41, 5.74) is 3.06. The molecule has 2 aromatic carbocycles. The van der Waals surface area contributed by atoms with Crippen LogP contribution in [0.1, 0.15) is 30.0 Å². The minimum atomic E-state index is -0.0128. The first kappa shape index (κ1) is 18.6. The van der Waals surface area contributed by atoms with E-state index in [9.17, 15) is 4.79 Å². The Bertz CT molecular complexity index is 1080. The Balaban J connectivity index is 1.32. The lowest BCUT2D eigenvalue weighted by Gasteiger charge is -2.26. The normalized spacial score (nSPS) is 17.9. The van der Waals surface area contributed by atoms with Crippen LogP contribution in [0.15, 0.2) is 42.5 Å². The number of aryl methyl sites for hydroxylation is 1. The van der Waals surface area contributed by atoms with Gasteiger partial charge in [0.1, 0.15) is 19.8 Å². The van der Waals surface area contributed by atoms with Crippen molar-refractivity contribution in [1.82, 2.24) is 25.1 Å². The van der Waals surface area contributed by atoms with Crippen LogP contribution >= 0.6 is 0 Å². The SMILES string of the molecule is Cc1ccccc1-c1nnn(CC(=O)N2CCC[C@@H]2c2ccc3c(c2)OCCO3)n1. The zero-order chi connectivity index (χ0) is 20.5. The summed E-state index contributed by atoms with van der Waals surface area (Å²) in [6.45, 7) is 3.90. The second kappa shape index (κ2) is 7.78. The molecule has 8 heteroatoms. The molecule has 1 aromatic heterocycles. The molecule has 1 saturated heterocycles. The van der Waals surface area contributed by atoms with Crippen molar-refractivity contribution in [1.29, 1.82) is 0 Å². The number of benzene rings is 2. The molecule has 0 unspecified atom stereocenters. The van der Waals surface area contributed by atoms with Gasteiger partial charge in [-0.25, -0.2) is 0 Å². The first-order chi connectivity index (χ1) is 14.7. The van der Waals surface area contributed by atoms with Crippen LogP contribution in [0.2, 0.25) is 0 Å². The number of rotatable bonds is 4. The van der Waals surface area contributed by atoms with E-state index in [0.29, 0.717) is 19.0 Å². The molecule has 0 spiro atoms. The molecule has 5 rings (SSSR count). The Morgan fingerprint density at radius 2 is 1.97 bits per heavy atom. The summed E-state index contributed by atoms with van der Waals surface area (Å²) in [5, 5.41) is 12.6. The number of hydrogen-bond donors (Lipinski definition) is 0. The maximum absolute atomic E-state index is 13.0. The quantitative estimate of drug-likeness (QED) is 0.664. The summed E-state index contributed by atoms with van der Waals surface area (Å²) in [6, 6.07) is 13.8. The summed E-state index contributed by atoms with van der Waals surface area (Å²) in [5.74, 6) is 2.03. The third-order valence-electron chi connectivity index (χ3n) is 5.64. The molecular weight excluding hydrogens is 382 g/mol. The highest BCUT2D eigenvalue weighted by Gasteiger charge is 2.31. The fourth-order valence-electron chi connectivity index (χ4n) is 4.13. The Morgan fingerprint density at radius 1 is 1.13 bits per heavy atom. The monoisotopic (exact) mass is 405 g/mol. The van der Waals surface area contributed by atoms with Gasteiger partial charge in [0, 0.05) is 12.1 Å². The Labute approximate surface area is 174 Å². The third kappa shape index (κ3) is 3.49. The predicted molar refractivity (Wildman–Crippen MR) is 109 cm³/mol. The average Bonchev–Trinajstić information content (AvgIpc) is 3.43. The van der Waals surface area contributed by atoms with Gasteiger partial charge in [0.2, 0.25) is 11.7 Å². The summed E-state index contributed by atoms with van der Waals surface area (Å²) < 4.78 is 11.3. The standard InChI is InChI=1S/C22H23N5O3/c1-15-5-2-3-6-17(15)22-23-25-27(24-22)14-21(28)26-10-4-7-18(26)16-8-9-19-20(13-16)30-12-11-29-19/h2-3,5-6,8-9,13,18H,4,7,10-12,14H2,1H3/t18-/m1/s1. The number of likely N-dealkylation sites (tertiary alicyclic amines) is 1. The second-order valence-electron chi connectivity index (χ2n) is 7.61. The van der Waals surface area contributed by atoms with Crippen LogP contribution in [0.25, 0.3) is 11.4 Å². The van der Waals surface area contributed by atoms with E-state index in [1.165, 1.54) is 4.80 Å². The molecule has 2 aliphatic heterocycles. The van der Waals surface area contributed by atoms with Crippen molar-refractivity contribution in [2.75, 3.05) is 19.8 Å². The number of carbonyl (C=O) groups is 1. The molecule has 0 aliphatic carbocycles. The lowest BCUT2D eigenvalue weighted by molar-refractivity contribution is -0.133. The molecule has 154 valence electrons. The highest BCUT2D eigenvalue weighted by atomic mass is 16.6. The molecule has 8 nitrogen and oxygen atoms in total. The Kier molecular flexibility index (Phi) is 4.82. The molecule has 1 fully saturated rings. The van der Waals surface area contributed by atoms with E-state index in [0.717, 1.165) is 47.6 Å². The van der Waals surface area contributed by atoms with Crippen LogP contribution in [-0.4, -0.2) is 50.8 Å². The third-order valence-corrected chi connectivity index (χ3v) is 5.64. The number of tetrazole rings is 1. The maximum atomic E-state index is 13.0. The summed E-state index contributed by atoms with van der Waals surface area (Å²) in [4.78, 5) is 16.3. The Hall–Kier alpha value is -3.42. The smallest absolute Gasteiger partial charge is 0.246 e. The average molecular weight is 405 g/mol. The van der Waals surface area contributed by atoms with Gasteiger partial charge < -0.3 is 14.4 Å². The number of hydrogen-bond acceptors (Lipinski definition) is 6. The molecule has 1 amide bonds. The predicted octanol–water partition coefficient (Wildman–Crippen LogP) is 2.78. The van der Waals surface area contributed by atoms with Crippen molar-refractivity contribution in [3.8, 4) is 22.9 Å². The fraction of sp³-hybridized carbons (Fsp3) is 0.364. The van der Waals surface area contributed by atoms with Crippen molar-refractivity contribution in [2.24, 2.45) is 0 Å². The van der Waals surface area contributed by atoms with Crippen molar-refractivity contribution in [3.05, 3.63) is 53.6 Å². The maximum Gasteiger partial charge on any atom is 0.246 e. The van der Waals surface area contributed by atoms with E-state index in [2.05, 4.69) is 15.4 Å². The van der Waals surface area contributed by atoms with Crippen molar-refractivity contribution < 1.29 is 14.3 Å². The highest BCUT2D eigenvalue weighted by molar-refractivity contribution is 5.76. The van der Waals surface area contributed by atoms with Gasteiger partial charge in [0.25, 0.3) is 0 Å². The van der Waals surface area contributed by atoms with E-state index < -0.39 is 0 Å². The van der Waals surface area contributed by atoms with Gasteiger partial charge in [0.15, 0.2) is 11.5 Å². The molecule has 0 N–H and O–H groups in total. The molecular formula is C22H23N5O3. The van der Waals surface area contributed by atoms with Gasteiger partial charge in [-0.2, -0.15) is 4.80 Å². The molecule has 0 bridgehead atoms. The first-order valence-corrected chi connectivity index (χ1v) is 10.2. The topological polar surface area (TPSA) is 82.4 Å². The van der Waals surface area contributed by atoms with Crippen LogP contribution in [0.3, 0.4) is 0 Å². The van der Waals surface area contributed by atoms with Crippen molar-refractivity contribution in [3.63, 3.8) is 0 Å². The van der Waals surface area contributed by atoms with E-state index in [4.69, 9.17) is 9.47 Å². The largest absolute Gasteiger partial charge is 0.486 e. The summed E-state index contributed by atoms with van der Waals surface area (Å²) in [7, 11) is 0. The van der Waals surface area contributed by atoms with E-state index in [1.54, 1.807) is 0 Å². The van der Waals surface area contributed by atoms with Crippen LogP contribution in [0.5, 0.6) is 11.5 Å². The van der Waals surface area contributed by atoms with E-state index in [-0.39, 0.29) is 18.5 Å². The van der Waals surface area contributed by atoms with Crippen LogP contribution in [-0.2, 0) is 11.3 Å². The van der Waals surface area contributed by atoms with Gasteiger partial charge in [-0.3, -0.25) is 4.79 Å². The number of nitrogens with zero attached hydrogens (tertiary/aromatic N) is 5. The molecule has 0 radical (unpaired) electrons. The van der Waals surface area contributed by atoms with Crippen LogP contribution in [0.4, 0.5) is 0 Å². The fourth-order valence-corrected chi connectivity index (χ4v) is 4.13. The summed E-state index contributed by atoms with van der Waals surface area (Å²) in [6.07, 6.45) is 1.88. The number of fused-ring (bicyclic) bond motifs is 1. The molecule has 1 atom stereocenters. The molecule has 30 heavy (non-hydrogen) atoms. The van der Waals surface area contributed by atoms with Crippen LogP contribution in [0, 0.1) is 6.92 Å². The van der Waals surface area contributed by atoms with E-state index >= 15 is 0 Å². The number of ether oxygens (including phenoxy) is 2. The van der Waals surface area contributed by atoms with Gasteiger partial charge in [-0.1, -0.05) is 30.3 Å². The first-order valence-electron chi connectivity index (χ1n) is 10.2. The molecule has 2 aliphatic rings. The highest BCUT2D eigenvalue weighted by Crippen LogP contribution is 2.38. The second-order valence-corrected chi connectivity index (χ2v) is 7.61.